The lowest BCUT2D eigenvalue weighted by Gasteiger charge is -2.35. The molecule has 1 fully saturated rings. The summed E-state index contributed by atoms with van der Waals surface area (Å²) in [6.07, 6.45) is 4.91. The van der Waals surface area contributed by atoms with Crippen molar-refractivity contribution >= 4 is 5.91 Å². The lowest BCUT2D eigenvalue weighted by Crippen LogP contribution is -2.43. The van der Waals surface area contributed by atoms with Gasteiger partial charge in [-0.25, -0.2) is 0 Å². The number of hydrogen-bond acceptors (Lipinski definition) is 3. The molecule has 1 aliphatic rings. The number of rotatable bonds is 10. The molecule has 0 bridgehead atoms. The van der Waals surface area contributed by atoms with E-state index < -0.39 is 0 Å². The van der Waals surface area contributed by atoms with Crippen molar-refractivity contribution in [3.63, 3.8) is 0 Å². The van der Waals surface area contributed by atoms with Crippen molar-refractivity contribution < 1.29 is 9.53 Å². The lowest BCUT2D eigenvalue weighted by molar-refractivity contribution is -0.131. The number of piperidine rings is 1. The summed E-state index contributed by atoms with van der Waals surface area (Å²) in [7, 11) is 1.72. The van der Waals surface area contributed by atoms with Crippen molar-refractivity contribution in [2.24, 2.45) is 5.92 Å². The lowest BCUT2D eigenvalue weighted by atomic mass is 9.96. The van der Waals surface area contributed by atoms with Crippen LogP contribution >= 0.6 is 0 Å². The van der Waals surface area contributed by atoms with Crippen molar-refractivity contribution in [2.75, 3.05) is 39.8 Å². The Hall–Kier alpha value is -2.33. The molecule has 0 N–H and O–H groups in total. The second-order valence-corrected chi connectivity index (χ2v) is 8.77. The number of hydrogen-bond donors (Lipinski definition) is 0. The molecule has 0 saturated carbocycles. The number of methoxy groups -OCH3 is 1. The summed E-state index contributed by atoms with van der Waals surface area (Å²) in [5.41, 5.74) is 3.88. The Balaban J connectivity index is 1.47. The molecule has 0 spiro atoms. The molecule has 1 amide bonds. The van der Waals surface area contributed by atoms with E-state index in [0.29, 0.717) is 18.2 Å². The molecular weight excluding hydrogens is 384 g/mol. The summed E-state index contributed by atoms with van der Waals surface area (Å²) < 4.78 is 5.35. The van der Waals surface area contributed by atoms with Gasteiger partial charge >= 0.3 is 0 Å². The number of amides is 1. The van der Waals surface area contributed by atoms with Crippen LogP contribution in [0.1, 0.15) is 42.9 Å². The number of likely N-dealkylation sites (tertiary alicyclic amines) is 1. The quantitative estimate of drug-likeness (QED) is 0.554. The normalized spacial score (nSPS) is 16.8. The molecule has 0 unspecified atom stereocenters. The summed E-state index contributed by atoms with van der Waals surface area (Å²) >= 11 is 0. The fraction of sp³-hybridized carbons (Fsp3) is 0.519. The van der Waals surface area contributed by atoms with Crippen LogP contribution in [0.15, 0.2) is 48.5 Å². The standard InChI is InChI=1S/C27H38N2O2/c1-4-29(27(30)15-14-25-12-6-5-9-22(25)2)21-24-11-8-17-28(20-24)18-16-23-10-7-13-26(19-23)31-3/h5-7,9-10,12-13,19,24H,4,8,11,14-18,20-21H2,1-3H3/t24-/m1/s1. The highest BCUT2D eigenvalue weighted by Crippen LogP contribution is 2.20. The zero-order valence-electron chi connectivity index (χ0n) is 19.5. The third-order valence-corrected chi connectivity index (χ3v) is 6.54. The molecule has 2 aromatic carbocycles. The van der Waals surface area contributed by atoms with Crippen LogP contribution in [0.2, 0.25) is 0 Å². The van der Waals surface area contributed by atoms with E-state index in [2.05, 4.69) is 66.1 Å². The minimum absolute atomic E-state index is 0.291. The molecule has 0 radical (unpaired) electrons. The molecule has 1 aliphatic heterocycles. The van der Waals surface area contributed by atoms with Crippen LogP contribution in [0.4, 0.5) is 0 Å². The highest BCUT2D eigenvalue weighted by Gasteiger charge is 2.23. The molecule has 1 saturated heterocycles. The van der Waals surface area contributed by atoms with Gasteiger partial charge in [0.15, 0.2) is 0 Å². The molecule has 0 aromatic heterocycles. The van der Waals surface area contributed by atoms with Crippen LogP contribution < -0.4 is 4.74 Å². The zero-order valence-corrected chi connectivity index (χ0v) is 19.5. The summed E-state index contributed by atoms with van der Waals surface area (Å²) in [5.74, 6) is 1.79. The molecule has 4 heteroatoms. The number of carbonyl (C=O) groups is 1. The second-order valence-electron chi connectivity index (χ2n) is 8.77. The van der Waals surface area contributed by atoms with E-state index in [1.165, 1.54) is 29.5 Å². The Morgan fingerprint density at radius 2 is 2.00 bits per heavy atom. The van der Waals surface area contributed by atoms with Crippen molar-refractivity contribution in [1.29, 1.82) is 0 Å². The SMILES string of the molecule is CCN(C[C@@H]1CCCN(CCc2cccc(OC)c2)C1)C(=O)CCc1ccccc1C. The Labute approximate surface area is 188 Å². The fourth-order valence-electron chi connectivity index (χ4n) is 4.63. The van der Waals surface area contributed by atoms with E-state index in [4.69, 9.17) is 4.74 Å². The molecule has 31 heavy (non-hydrogen) atoms. The van der Waals surface area contributed by atoms with Crippen LogP contribution in [0.3, 0.4) is 0 Å². The maximum absolute atomic E-state index is 12.9. The van der Waals surface area contributed by atoms with Crippen molar-refractivity contribution in [3.05, 3.63) is 65.2 Å². The summed E-state index contributed by atoms with van der Waals surface area (Å²) in [5, 5.41) is 0. The van der Waals surface area contributed by atoms with Gasteiger partial charge in [0.25, 0.3) is 0 Å². The monoisotopic (exact) mass is 422 g/mol. The molecular formula is C27H38N2O2. The van der Waals surface area contributed by atoms with Gasteiger partial charge in [-0.15, -0.1) is 0 Å². The van der Waals surface area contributed by atoms with Crippen LogP contribution in [-0.4, -0.2) is 55.5 Å². The largest absolute Gasteiger partial charge is 0.497 e. The van der Waals surface area contributed by atoms with Gasteiger partial charge < -0.3 is 14.5 Å². The van der Waals surface area contributed by atoms with Gasteiger partial charge in [0.1, 0.15) is 5.75 Å². The predicted octanol–water partition coefficient (Wildman–Crippen LogP) is 4.74. The van der Waals surface area contributed by atoms with Gasteiger partial charge in [0.05, 0.1) is 7.11 Å². The van der Waals surface area contributed by atoms with E-state index >= 15 is 0 Å². The van der Waals surface area contributed by atoms with Crippen molar-refractivity contribution in [1.82, 2.24) is 9.80 Å². The Kier molecular flexibility index (Phi) is 8.96. The molecule has 168 valence electrons. The Bertz CT molecular complexity index is 835. The number of aryl methyl sites for hydroxylation is 2. The zero-order chi connectivity index (χ0) is 22.1. The van der Waals surface area contributed by atoms with Gasteiger partial charge in [-0.2, -0.15) is 0 Å². The van der Waals surface area contributed by atoms with E-state index in [0.717, 1.165) is 51.3 Å². The van der Waals surface area contributed by atoms with Crippen LogP contribution in [-0.2, 0) is 17.6 Å². The minimum Gasteiger partial charge on any atom is -0.497 e. The van der Waals surface area contributed by atoms with Gasteiger partial charge in [-0.3, -0.25) is 4.79 Å². The highest BCUT2D eigenvalue weighted by atomic mass is 16.5. The van der Waals surface area contributed by atoms with Crippen molar-refractivity contribution in [2.45, 2.75) is 46.0 Å². The molecule has 3 rings (SSSR count). The first-order chi connectivity index (χ1) is 15.1. The molecule has 1 atom stereocenters. The van der Waals surface area contributed by atoms with Gasteiger partial charge in [0.2, 0.25) is 5.91 Å². The van der Waals surface area contributed by atoms with E-state index in [1.54, 1.807) is 7.11 Å². The van der Waals surface area contributed by atoms with E-state index in [9.17, 15) is 4.79 Å². The first-order valence-corrected chi connectivity index (χ1v) is 11.8. The second kappa shape index (κ2) is 11.9. The Morgan fingerprint density at radius 3 is 2.77 bits per heavy atom. The van der Waals surface area contributed by atoms with Crippen LogP contribution in [0, 0.1) is 12.8 Å². The van der Waals surface area contributed by atoms with Gasteiger partial charge in [-0.05, 0) is 80.8 Å². The van der Waals surface area contributed by atoms with E-state index in [1.807, 2.05) is 6.07 Å². The first kappa shape index (κ1) is 23.3. The summed E-state index contributed by atoms with van der Waals surface area (Å²) in [6.45, 7) is 9.23. The molecule has 0 aliphatic carbocycles. The third-order valence-electron chi connectivity index (χ3n) is 6.54. The topological polar surface area (TPSA) is 32.8 Å². The number of ether oxygens (including phenoxy) is 1. The first-order valence-electron chi connectivity index (χ1n) is 11.8. The summed E-state index contributed by atoms with van der Waals surface area (Å²) in [4.78, 5) is 17.5. The smallest absolute Gasteiger partial charge is 0.222 e. The molecule has 4 nitrogen and oxygen atoms in total. The maximum Gasteiger partial charge on any atom is 0.222 e. The molecule has 1 heterocycles. The number of carbonyl (C=O) groups excluding carboxylic acids is 1. The summed E-state index contributed by atoms with van der Waals surface area (Å²) in [6, 6.07) is 16.8. The fourth-order valence-corrected chi connectivity index (χ4v) is 4.63. The highest BCUT2D eigenvalue weighted by molar-refractivity contribution is 5.76. The van der Waals surface area contributed by atoms with Crippen LogP contribution in [0.5, 0.6) is 5.75 Å². The third kappa shape index (κ3) is 7.10. The average molecular weight is 423 g/mol. The van der Waals surface area contributed by atoms with Crippen LogP contribution in [0.25, 0.3) is 0 Å². The average Bonchev–Trinajstić information content (AvgIpc) is 2.81. The minimum atomic E-state index is 0.291. The number of nitrogens with zero attached hydrogens (tertiary/aromatic N) is 2. The molecule has 2 aromatic rings. The van der Waals surface area contributed by atoms with E-state index in [-0.39, 0.29) is 0 Å². The van der Waals surface area contributed by atoms with Crippen molar-refractivity contribution in [3.8, 4) is 5.75 Å². The van der Waals surface area contributed by atoms with Gasteiger partial charge in [0, 0.05) is 32.6 Å². The predicted molar refractivity (Wildman–Crippen MR) is 128 cm³/mol. The number of benzene rings is 2. The van der Waals surface area contributed by atoms with Gasteiger partial charge in [-0.1, -0.05) is 36.4 Å². The Morgan fingerprint density at radius 1 is 1.16 bits per heavy atom. The maximum atomic E-state index is 12.9.